The number of amides is 1. The third-order valence-corrected chi connectivity index (χ3v) is 7.06. The van der Waals surface area contributed by atoms with Crippen molar-refractivity contribution in [2.24, 2.45) is 9.98 Å². The van der Waals surface area contributed by atoms with Gasteiger partial charge in [-0.05, 0) is 51.2 Å². The molecule has 3 aromatic rings. The van der Waals surface area contributed by atoms with Crippen LogP contribution in [0.4, 0.5) is 17.7 Å². The molecule has 2 heterocycles. The summed E-state index contributed by atoms with van der Waals surface area (Å²) in [6.45, 7) is 12.0. The Labute approximate surface area is 276 Å². The minimum absolute atomic E-state index is 0.0707. The van der Waals surface area contributed by atoms with Crippen molar-refractivity contribution in [1.29, 1.82) is 5.41 Å². The number of likely N-dealkylation sites (N-methyl/N-ethyl adjacent to an activating group) is 1. The van der Waals surface area contributed by atoms with Crippen LogP contribution in [0.25, 0.3) is 11.1 Å². The predicted octanol–water partition coefficient (Wildman–Crippen LogP) is 2.57. The fourth-order valence-corrected chi connectivity index (χ4v) is 4.61. The van der Waals surface area contributed by atoms with E-state index in [1.807, 2.05) is 7.05 Å². The number of carbonyl (C=O) groups is 1. The Kier molecular flexibility index (Phi) is 15.9. The first kappa shape index (κ1) is 36.7. The van der Waals surface area contributed by atoms with Gasteiger partial charge >= 0.3 is 0 Å². The number of ether oxygens (including phenoxy) is 1. The monoisotopic (exact) mass is 648 g/mol. The lowest BCUT2D eigenvalue weighted by atomic mass is 10.0. The van der Waals surface area contributed by atoms with Crippen LogP contribution in [0.15, 0.2) is 50.7 Å². The van der Waals surface area contributed by atoms with Crippen LogP contribution in [-0.2, 0) is 9.53 Å². The van der Waals surface area contributed by atoms with E-state index < -0.39 is 0 Å². The zero-order chi connectivity index (χ0) is 33.9. The summed E-state index contributed by atoms with van der Waals surface area (Å²) >= 11 is 0. The molecule has 0 aliphatic carbocycles. The van der Waals surface area contributed by atoms with Gasteiger partial charge in [0.05, 0.1) is 30.0 Å². The average molecular weight is 649 g/mol. The molecule has 15 nitrogen and oxygen atoms in total. The molecule has 0 atom stereocenters. The van der Waals surface area contributed by atoms with E-state index in [1.54, 1.807) is 31.5 Å². The largest absolute Gasteiger partial charge is 0.424 e. The number of oxazole rings is 1. The Balaban J connectivity index is 1.47. The number of aromatic nitrogens is 3. The molecular weight excluding hydrogens is 600 g/mol. The lowest BCUT2D eigenvalue weighted by molar-refractivity contribution is -0.117. The number of fused-ring (bicyclic) bond motifs is 1. The first-order valence-electron chi connectivity index (χ1n) is 15.8. The van der Waals surface area contributed by atoms with E-state index in [4.69, 9.17) is 20.3 Å². The van der Waals surface area contributed by atoms with E-state index in [-0.39, 0.29) is 17.6 Å². The summed E-state index contributed by atoms with van der Waals surface area (Å²) in [5.41, 5.74) is 8.50. The van der Waals surface area contributed by atoms with E-state index in [1.165, 1.54) is 12.5 Å². The highest BCUT2D eigenvalue weighted by Gasteiger charge is 2.18. The molecule has 0 saturated carbocycles. The van der Waals surface area contributed by atoms with Crippen molar-refractivity contribution < 1.29 is 13.9 Å². The number of nitrogens with one attached hydrogen (secondary N) is 5. The summed E-state index contributed by atoms with van der Waals surface area (Å²) in [4.78, 5) is 36.2. The fraction of sp³-hybridized carbons (Fsp3) is 0.469. The van der Waals surface area contributed by atoms with Crippen LogP contribution >= 0.6 is 0 Å². The van der Waals surface area contributed by atoms with Crippen molar-refractivity contribution in [2.75, 3.05) is 89.5 Å². The summed E-state index contributed by atoms with van der Waals surface area (Å²) < 4.78 is 11.0. The number of aliphatic imine (C=N–C) groups is 2. The van der Waals surface area contributed by atoms with Gasteiger partial charge in [-0.1, -0.05) is 6.92 Å². The van der Waals surface area contributed by atoms with Gasteiger partial charge in [-0.15, -0.1) is 0 Å². The topological polar surface area (TPSA) is 204 Å². The molecule has 0 radical (unpaired) electrons. The highest BCUT2D eigenvalue weighted by Crippen LogP contribution is 2.26. The van der Waals surface area contributed by atoms with E-state index >= 15 is 0 Å². The molecule has 254 valence electrons. The molecule has 0 spiro atoms. The van der Waals surface area contributed by atoms with Crippen molar-refractivity contribution in [2.45, 2.75) is 26.2 Å². The number of rotatable bonds is 23. The maximum absolute atomic E-state index is 12.8. The number of hydrogen-bond acceptors (Lipinski definition) is 14. The van der Waals surface area contributed by atoms with Gasteiger partial charge in [-0.2, -0.15) is 4.98 Å². The molecule has 0 unspecified atom stereocenters. The molecule has 0 fully saturated rings. The second kappa shape index (κ2) is 20.4. The van der Waals surface area contributed by atoms with Gasteiger partial charge in [0.25, 0.3) is 11.9 Å². The Hall–Kier alpha value is -4.73. The maximum Gasteiger partial charge on any atom is 0.292 e. The molecule has 0 aliphatic rings. The van der Waals surface area contributed by atoms with Crippen molar-refractivity contribution >= 4 is 53.3 Å². The first-order chi connectivity index (χ1) is 22.9. The molecule has 1 aromatic carbocycles. The lowest BCUT2D eigenvalue weighted by Gasteiger charge is -2.21. The van der Waals surface area contributed by atoms with Gasteiger partial charge in [0, 0.05) is 70.9 Å². The average Bonchev–Trinajstić information content (AvgIpc) is 3.46. The second-order valence-corrected chi connectivity index (χ2v) is 10.6. The van der Waals surface area contributed by atoms with Gasteiger partial charge in [-0.3, -0.25) is 25.1 Å². The molecular formula is C32H48N12O3. The lowest BCUT2D eigenvalue weighted by Crippen LogP contribution is -2.35. The predicted molar refractivity (Wildman–Crippen MR) is 189 cm³/mol. The van der Waals surface area contributed by atoms with Crippen LogP contribution in [0.1, 0.15) is 37.3 Å². The summed E-state index contributed by atoms with van der Waals surface area (Å²) in [6, 6.07) is 5.32. The Morgan fingerprint density at radius 3 is 2.70 bits per heavy atom. The van der Waals surface area contributed by atoms with Crippen LogP contribution in [0.3, 0.4) is 0 Å². The molecule has 3 rings (SSSR count). The Morgan fingerprint density at radius 1 is 1.13 bits per heavy atom. The van der Waals surface area contributed by atoms with Crippen LogP contribution < -0.4 is 27.0 Å². The summed E-state index contributed by atoms with van der Waals surface area (Å²) in [7, 11) is 3.67. The molecule has 47 heavy (non-hydrogen) atoms. The number of benzene rings is 1. The quantitative estimate of drug-likeness (QED) is 0.0501. The number of carbonyl (C=O) groups excluding carboxylic acids is 1. The third-order valence-electron chi connectivity index (χ3n) is 7.06. The second-order valence-electron chi connectivity index (χ2n) is 10.6. The number of hydrogen-bond donors (Lipinski definition) is 6. The highest BCUT2D eigenvalue weighted by molar-refractivity contribution is 6.17. The van der Waals surface area contributed by atoms with Crippen LogP contribution in [0.5, 0.6) is 0 Å². The number of nitrogens with zero attached hydrogens (tertiary/aromatic N) is 6. The van der Waals surface area contributed by atoms with Crippen molar-refractivity contribution in [1.82, 2.24) is 30.5 Å². The minimum Gasteiger partial charge on any atom is -0.424 e. The highest BCUT2D eigenvalue weighted by atomic mass is 16.5. The van der Waals surface area contributed by atoms with Gasteiger partial charge in [-0.25, -0.2) is 9.97 Å². The minimum atomic E-state index is -0.259. The van der Waals surface area contributed by atoms with Gasteiger partial charge < -0.3 is 36.2 Å². The Bertz CT molecular complexity index is 1500. The third kappa shape index (κ3) is 11.9. The van der Waals surface area contributed by atoms with Gasteiger partial charge in [0.2, 0.25) is 0 Å². The maximum atomic E-state index is 12.8. The molecule has 0 aliphatic heterocycles. The number of unbranched alkanes of at least 4 members (excludes halogenated alkanes) is 1. The van der Waals surface area contributed by atoms with E-state index in [2.05, 4.69) is 64.7 Å². The summed E-state index contributed by atoms with van der Waals surface area (Å²) in [6.07, 6.45) is 6.87. The van der Waals surface area contributed by atoms with Crippen molar-refractivity contribution in [3.05, 3.63) is 47.4 Å². The smallest absolute Gasteiger partial charge is 0.292 e. The molecule has 2 aromatic heterocycles. The van der Waals surface area contributed by atoms with Gasteiger partial charge in [0.1, 0.15) is 23.5 Å². The number of nitrogens with two attached hydrogens (primary N) is 1. The zero-order valence-electron chi connectivity index (χ0n) is 27.6. The molecule has 15 heteroatoms. The number of anilines is 3. The van der Waals surface area contributed by atoms with E-state index in [0.717, 1.165) is 45.6 Å². The zero-order valence-corrected chi connectivity index (χ0v) is 27.6. The van der Waals surface area contributed by atoms with Crippen molar-refractivity contribution in [3.63, 3.8) is 0 Å². The standard InChI is InChI=1S/C32H48N12O3/c1-5-17-46-18-16-44(14-12-35-2)15-13-38-21-24(20-36-3)31(45)40-11-7-6-10-39-30-27(29(37-4)41-22-42-30)28(33)23-8-9-26-25(19-23)43-32(34)47-26/h8-9,19-22,33,35H,3,5-7,10-18H2,1-2,4H3,(H2,34,43)(H,40,45)(H2,37,39,41,42)/b24-20+,33-28?,38-21?. The van der Waals surface area contributed by atoms with Crippen molar-refractivity contribution in [3.8, 4) is 0 Å². The van der Waals surface area contributed by atoms with E-state index in [0.29, 0.717) is 72.1 Å². The SMILES string of the molecule is C=N/C=C(\C=NCCN(CCNC)CCOCCC)C(=O)NCCCCNc1ncnc(NC)c1C(=N)c1ccc2oc(N)nc2c1. The van der Waals surface area contributed by atoms with Gasteiger partial charge in [0.15, 0.2) is 5.58 Å². The van der Waals surface area contributed by atoms with E-state index in [9.17, 15) is 4.79 Å². The molecule has 0 bridgehead atoms. The van der Waals surface area contributed by atoms with Crippen LogP contribution in [0, 0.1) is 5.41 Å². The Morgan fingerprint density at radius 2 is 1.94 bits per heavy atom. The fourth-order valence-electron chi connectivity index (χ4n) is 4.61. The normalized spacial score (nSPS) is 11.8. The summed E-state index contributed by atoms with van der Waals surface area (Å²) in [5, 5.41) is 21.4. The molecule has 0 saturated heterocycles. The van der Waals surface area contributed by atoms with Crippen LogP contribution in [-0.4, -0.2) is 118 Å². The molecule has 1 amide bonds. The number of nitrogen functional groups attached to an aromatic ring is 1. The summed E-state index contributed by atoms with van der Waals surface area (Å²) in [5.74, 6) is 0.780. The first-order valence-corrected chi connectivity index (χ1v) is 15.8. The van der Waals surface area contributed by atoms with Crippen LogP contribution in [0.2, 0.25) is 0 Å². The molecule has 7 N–H and O–H groups in total.